The van der Waals surface area contributed by atoms with E-state index < -0.39 is 0 Å². The number of hydrogen-bond acceptors (Lipinski definition) is 4. The summed E-state index contributed by atoms with van der Waals surface area (Å²) in [7, 11) is 1.83. The second kappa shape index (κ2) is 8.12. The number of hydrogen-bond donors (Lipinski definition) is 1. The minimum atomic E-state index is -0.263. The highest BCUT2D eigenvalue weighted by Crippen LogP contribution is 2.19. The van der Waals surface area contributed by atoms with Crippen molar-refractivity contribution in [3.8, 4) is 11.4 Å². The number of carbonyl (C=O) groups is 1. The van der Waals surface area contributed by atoms with Crippen LogP contribution in [0.15, 0.2) is 59.4 Å². The Morgan fingerprint density at radius 2 is 1.80 bits per heavy atom. The number of aryl methyl sites for hydroxylation is 1. The SMILES string of the molecule is Cc1c(CCC(=O)Nc2ccccc2)c(=O)n2nc(-c3ccc(Cl)cc3)nc2n1C. The Bertz CT molecular complexity index is 1280. The molecule has 1 amide bonds. The van der Waals surface area contributed by atoms with Crippen LogP contribution in [0, 0.1) is 6.92 Å². The van der Waals surface area contributed by atoms with Crippen LogP contribution >= 0.6 is 11.6 Å². The summed E-state index contributed by atoms with van der Waals surface area (Å²) in [6.45, 7) is 1.85. The highest BCUT2D eigenvalue weighted by Gasteiger charge is 2.17. The average Bonchev–Trinajstić information content (AvgIpc) is 3.19. The van der Waals surface area contributed by atoms with Gasteiger partial charge in [-0.05, 0) is 49.7 Å². The number of anilines is 1. The molecule has 2 aromatic carbocycles. The minimum Gasteiger partial charge on any atom is -0.326 e. The highest BCUT2D eigenvalue weighted by molar-refractivity contribution is 6.30. The van der Waals surface area contributed by atoms with Gasteiger partial charge in [0.15, 0.2) is 5.82 Å². The molecule has 7 nitrogen and oxygen atoms in total. The summed E-state index contributed by atoms with van der Waals surface area (Å²) in [6.07, 6.45) is 0.498. The number of rotatable bonds is 5. The summed E-state index contributed by atoms with van der Waals surface area (Å²) in [6, 6.07) is 16.4. The molecule has 4 rings (SSSR count). The molecule has 0 aliphatic heterocycles. The molecule has 0 saturated heterocycles. The quantitative estimate of drug-likeness (QED) is 0.533. The number of para-hydroxylation sites is 1. The van der Waals surface area contributed by atoms with Crippen LogP contribution in [-0.4, -0.2) is 25.1 Å². The third-order valence-corrected chi connectivity index (χ3v) is 5.29. The van der Waals surface area contributed by atoms with E-state index in [1.165, 1.54) is 4.52 Å². The lowest BCUT2D eigenvalue weighted by atomic mass is 10.1. The lowest BCUT2D eigenvalue weighted by molar-refractivity contribution is -0.116. The number of halogens is 1. The van der Waals surface area contributed by atoms with Crippen LogP contribution in [0.25, 0.3) is 17.2 Å². The first-order chi connectivity index (χ1) is 14.4. The normalized spacial score (nSPS) is 11.0. The second-order valence-corrected chi connectivity index (χ2v) is 7.43. The van der Waals surface area contributed by atoms with E-state index in [0.29, 0.717) is 28.6 Å². The van der Waals surface area contributed by atoms with Crippen molar-refractivity contribution in [1.82, 2.24) is 19.2 Å². The average molecular weight is 422 g/mol. The van der Waals surface area contributed by atoms with Crippen LogP contribution in [0.1, 0.15) is 17.7 Å². The third kappa shape index (κ3) is 3.84. The van der Waals surface area contributed by atoms with E-state index in [2.05, 4.69) is 15.4 Å². The van der Waals surface area contributed by atoms with Gasteiger partial charge in [-0.2, -0.15) is 9.50 Å². The maximum atomic E-state index is 13.1. The highest BCUT2D eigenvalue weighted by atomic mass is 35.5. The van der Waals surface area contributed by atoms with Gasteiger partial charge in [-0.25, -0.2) is 0 Å². The molecule has 0 atom stereocenters. The molecule has 0 aliphatic rings. The van der Waals surface area contributed by atoms with Gasteiger partial charge < -0.3 is 9.88 Å². The number of fused-ring (bicyclic) bond motifs is 1. The van der Waals surface area contributed by atoms with Gasteiger partial charge >= 0.3 is 0 Å². The topological polar surface area (TPSA) is 81.3 Å². The van der Waals surface area contributed by atoms with Crippen molar-refractivity contribution in [3.05, 3.63) is 81.2 Å². The van der Waals surface area contributed by atoms with E-state index in [9.17, 15) is 9.59 Å². The molecule has 1 N–H and O–H groups in total. The summed E-state index contributed by atoms with van der Waals surface area (Å²) in [5.41, 5.74) is 2.53. The molecule has 4 aromatic rings. The van der Waals surface area contributed by atoms with Crippen LogP contribution in [0.4, 0.5) is 5.69 Å². The second-order valence-electron chi connectivity index (χ2n) is 7.00. The molecule has 0 saturated carbocycles. The molecule has 30 heavy (non-hydrogen) atoms. The molecule has 2 heterocycles. The van der Waals surface area contributed by atoms with Crippen molar-refractivity contribution in [2.45, 2.75) is 19.8 Å². The van der Waals surface area contributed by atoms with Gasteiger partial charge in [0.25, 0.3) is 5.56 Å². The van der Waals surface area contributed by atoms with Crippen molar-refractivity contribution in [3.63, 3.8) is 0 Å². The molecular formula is C22H20ClN5O2. The van der Waals surface area contributed by atoms with Gasteiger partial charge in [0.05, 0.1) is 0 Å². The van der Waals surface area contributed by atoms with Gasteiger partial charge in [0, 0.05) is 41.0 Å². The molecule has 0 fully saturated rings. The maximum absolute atomic E-state index is 13.1. The van der Waals surface area contributed by atoms with E-state index in [-0.39, 0.29) is 17.9 Å². The fourth-order valence-electron chi connectivity index (χ4n) is 3.28. The molecule has 0 spiro atoms. The largest absolute Gasteiger partial charge is 0.326 e. The summed E-state index contributed by atoms with van der Waals surface area (Å²) in [5, 5.41) is 7.85. The van der Waals surface area contributed by atoms with Crippen LogP contribution < -0.4 is 10.9 Å². The molecule has 0 unspecified atom stereocenters. The lowest BCUT2D eigenvalue weighted by Gasteiger charge is -2.11. The number of carbonyl (C=O) groups excluding carboxylic acids is 1. The molecule has 0 aliphatic carbocycles. The first-order valence-corrected chi connectivity index (χ1v) is 9.88. The fourth-order valence-corrected chi connectivity index (χ4v) is 3.41. The minimum absolute atomic E-state index is 0.150. The first-order valence-electron chi connectivity index (χ1n) is 9.50. The maximum Gasteiger partial charge on any atom is 0.279 e. The Labute approximate surface area is 178 Å². The summed E-state index contributed by atoms with van der Waals surface area (Å²) < 4.78 is 3.11. The molecule has 0 radical (unpaired) electrons. The zero-order valence-corrected chi connectivity index (χ0v) is 17.3. The van der Waals surface area contributed by atoms with Gasteiger partial charge in [0.2, 0.25) is 11.7 Å². The zero-order valence-electron chi connectivity index (χ0n) is 16.6. The molecule has 152 valence electrons. The standard InChI is InChI=1S/C22H20ClN5O2/c1-14-18(12-13-19(29)24-17-6-4-3-5-7-17)21(30)28-22(27(14)2)25-20(26-28)15-8-10-16(23)11-9-15/h3-11H,12-13H2,1-2H3,(H,24,29). The smallest absolute Gasteiger partial charge is 0.279 e. The number of benzene rings is 2. The Kier molecular flexibility index (Phi) is 5.37. The Morgan fingerprint density at radius 3 is 2.50 bits per heavy atom. The van der Waals surface area contributed by atoms with E-state index in [4.69, 9.17) is 11.6 Å². The monoisotopic (exact) mass is 421 g/mol. The molecule has 2 aromatic heterocycles. The predicted molar refractivity (Wildman–Crippen MR) is 117 cm³/mol. The summed E-state index contributed by atoms with van der Waals surface area (Å²) >= 11 is 5.95. The Hall–Kier alpha value is -3.45. The Balaban J connectivity index is 1.63. The molecular weight excluding hydrogens is 402 g/mol. The number of nitrogens with zero attached hydrogens (tertiary/aromatic N) is 4. The van der Waals surface area contributed by atoms with Gasteiger partial charge in [-0.3, -0.25) is 9.59 Å². The van der Waals surface area contributed by atoms with Crippen molar-refractivity contribution in [1.29, 1.82) is 0 Å². The van der Waals surface area contributed by atoms with Crippen molar-refractivity contribution >= 4 is 29.0 Å². The van der Waals surface area contributed by atoms with E-state index in [0.717, 1.165) is 16.9 Å². The van der Waals surface area contributed by atoms with Crippen molar-refractivity contribution in [2.24, 2.45) is 7.05 Å². The van der Waals surface area contributed by atoms with Crippen molar-refractivity contribution < 1.29 is 4.79 Å². The molecule has 8 heteroatoms. The fraction of sp³-hybridized carbons (Fsp3) is 0.182. The van der Waals surface area contributed by atoms with Crippen LogP contribution in [0.5, 0.6) is 0 Å². The number of nitrogens with one attached hydrogen (secondary N) is 1. The van der Waals surface area contributed by atoms with Gasteiger partial charge in [-0.1, -0.05) is 29.8 Å². The van der Waals surface area contributed by atoms with Crippen LogP contribution in [0.2, 0.25) is 5.02 Å². The zero-order chi connectivity index (χ0) is 21.3. The van der Waals surface area contributed by atoms with E-state index in [1.807, 2.05) is 61.0 Å². The third-order valence-electron chi connectivity index (χ3n) is 5.04. The molecule has 0 bridgehead atoms. The van der Waals surface area contributed by atoms with E-state index in [1.54, 1.807) is 12.1 Å². The van der Waals surface area contributed by atoms with Crippen LogP contribution in [-0.2, 0) is 18.3 Å². The van der Waals surface area contributed by atoms with Crippen LogP contribution in [0.3, 0.4) is 0 Å². The summed E-state index contributed by atoms with van der Waals surface area (Å²) in [5.74, 6) is 0.737. The summed E-state index contributed by atoms with van der Waals surface area (Å²) in [4.78, 5) is 29.9. The van der Waals surface area contributed by atoms with Crippen molar-refractivity contribution in [2.75, 3.05) is 5.32 Å². The predicted octanol–water partition coefficient (Wildman–Crippen LogP) is 3.63. The van der Waals surface area contributed by atoms with Gasteiger partial charge in [-0.15, -0.1) is 5.10 Å². The Morgan fingerprint density at radius 1 is 1.10 bits per heavy atom. The lowest BCUT2D eigenvalue weighted by Crippen LogP contribution is -2.26. The number of aromatic nitrogens is 4. The van der Waals surface area contributed by atoms with E-state index >= 15 is 0 Å². The van der Waals surface area contributed by atoms with Gasteiger partial charge in [0.1, 0.15) is 0 Å². The first kappa shape index (κ1) is 19.8. The number of amides is 1.